The molecule has 0 heterocycles. The molecule has 2 rings (SSSR count). The summed E-state index contributed by atoms with van der Waals surface area (Å²) < 4.78 is 17.6. The van der Waals surface area contributed by atoms with E-state index in [0.29, 0.717) is 23.7 Å². The summed E-state index contributed by atoms with van der Waals surface area (Å²) in [6.07, 6.45) is 0.822. The van der Waals surface area contributed by atoms with Gasteiger partial charge in [-0.3, -0.25) is 4.79 Å². The van der Waals surface area contributed by atoms with E-state index in [1.54, 1.807) is 13.2 Å². The number of carbonyl (C=O) groups excluding carboxylic acids is 1. The zero-order valence-corrected chi connectivity index (χ0v) is 17.5. The van der Waals surface area contributed by atoms with Gasteiger partial charge < -0.3 is 13.9 Å². The molecule has 0 bridgehead atoms. The molecule has 140 valence electrons. The molecule has 0 radical (unpaired) electrons. The summed E-state index contributed by atoms with van der Waals surface area (Å²) in [5.41, 5.74) is 1.53. The predicted octanol–water partition coefficient (Wildman–Crippen LogP) is 5.47. The van der Waals surface area contributed by atoms with Crippen molar-refractivity contribution in [3.05, 3.63) is 53.6 Å². The molecule has 4 nitrogen and oxygen atoms in total. The van der Waals surface area contributed by atoms with Crippen molar-refractivity contribution in [2.75, 3.05) is 7.11 Å². The van der Waals surface area contributed by atoms with Crippen molar-refractivity contribution in [3.8, 4) is 17.2 Å². The van der Waals surface area contributed by atoms with E-state index in [-0.39, 0.29) is 5.04 Å². The molecule has 26 heavy (non-hydrogen) atoms. The third-order valence-corrected chi connectivity index (χ3v) is 9.18. The highest BCUT2D eigenvalue weighted by Gasteiger charge is 2.40. The van der Waals surface area contributed by atoms with Crippen molar-refractivity contribution in [1.29, 1.82) is 0 Å². The zero-order chi connectivity index (χ0) is 19.4. The van der Waals surface area contributed by atoms with Crippen LogP contribution in [0.3, 0.4) is 0 Å². The van der Waals surface area contributed by atoms with E-state index < -0.39 is 8.32 Å². The van der Waals surface area contributed by atoms with Crippen LogP contribution < -0.4 is 13.9 Å². The van der Waals surface area contributed by atoms with Gasteiger partial charge in [-0.25, -0.2) is 0 Å². The second kappa shape index (κ2) is 7.95. The Hall–Kier alpha value is -2.27. The number of methoxy groups -OCH3 is 1. The number of benzene rings is 2. The fourth-order valence-electron chi connectivity index (χ4n) is 2.14. The normalized spacial score (nSPS) is 11.8. The van der Waals surface area contributed by atoms with Gasteiger partial charge in [-0.05, 0) is 48.0 Å². The lowest BCUT2D eigenvalue weighted by molar-refractivity contribution is 0.112. The maximum absolute atomic E-state index is 11.5. The topological polar surface area (TPSA) is 44.8 Å². The Morgan fingerprint density at radius 1 is 1.04 bits per heavy atom. The first-order valence-electron chi connectivity index (χ1n) is 8.71. The molecular formula is C21H28O4Si. The van der Waals surface area contributed by atoms with Crippen molar-refractivity contribution < 1.29 is 18.7 Å². The van der Waals surface area contributed by atoms with Gasteiger partial charge in [0.15, 0.2) is 17.8 Å². The van der Waals surface area contributed by atoms with Crippen LogP contribution >= 0.6 is 0 Å². The minimum Gasteiger partial charge on any atom is -0.541 e. The predicted molar refractivity (Wildman–Crippen MR) is 107 cm³/mol. The van der Waals surface area contributed by atoms with Gasteiger partial charge in [0.25, 0.3) is 8.32 Å². The number of carbonyl (C=O) groups is 1. The lowest BCUT2D eigenvalue weighted by Crippen LogP contribution is -2.44. The first-order chi connectivity index (χ1) is 12.2. The minimum atomic E-state index is -2.10. The second-order valence-electron chi connectivity index (χ2n) is 7.79. The molecule has 0 saturated carbocycles. The molecule has 0 amide bonds. The Morgan fingerprint density at radius 3 is 2.23 bits per heavy atom. The van der Waals surface area contributed by atoms with E-state index in [9.17, 15) is 4.79 Å². The highest BCUT2D eigenvalue weighted by atomic mass is 28.4. The molecular weight excluding hydrogens is 344 g/mol. The molecule has 0 aliphatic rings. The Labute approximate surface area is 157 Å². The largest absolute Gasteiger partial charge is 0.541 e. The van der Waals surface area contributed by atoms with Crippen LogP contribution in [-0.4, -0.2) is 21.7 Å². The standard InChI is InChI=1S/C21H28O4Si/c1-21(2,3)26(5,6)25-20-17(14-22)8-7-9-19(20)24-15-16-10-12-18(23-4)13-11-16/h7-14H,15H2,1-6H3. The average Bonchev–Trinajstić information content (AvgIpc) is 2.60. The van der Waals surface area contributed by atoms with Crippen LogP contribution in [0.2, 0.25) is 18.1 Å². The zero-order valence-electron chi connectivity index (χ0n) is 16.5. The molecule has 0 atom stereocenters. The third kappa shape index (κ3) is 4.67. The number of hydrogen-bond acceptors (Lipinski definition) is 4. The molecule has 5 heteroatoms. The van der Waals surface area contributed by atoms with Crippen LogP contribution in [0.5, 0.6) is 17.2 Å². The van der Waals surface area contributed by atoms with Crippen LogP contribution in [0, 0.1) is 0 Å². The molecule has 0 fully saturated rings. The van der Waals surface area contributed by atoms with Gasteiger partial charge in [-0.15, -0.1) is 0 Å². The number of rotatable bonds is 7. The molecule has 0 aliphatic heterocycles. The van der Waals surface area contributed by atoms with E-state index in [1.165, 1.54) is 0 Å². The number of hydrogen-bond donors (Lipinski definition) is 0. The van der Waals surface area contributed by atoms with Gasteiger partial charge in [0, 0.05) is 0 Å². The summed E-state index contributed by atoms with van der Waals surface area (Å²) in [5.74, 6) is 1.94. The first-order valence-corrected chi connectivity index (χ1v) is 11.6. The second-order valence-corrected chi connectivity index (χ2v) is 12.5. The van der Waals surface area contributed by atoms with Crippen molar-refractivity contribution in [2.24, 2.45) is 0 Å². The molecule has 0 saturated heterocycles. The van der Waals surface area contributed by atoms with Gasteiger partial charge >= 0.3 is 0 Å². The Morgan fingerprint density at radius 2 is 1.69 bits per heavy atom. The summed E-state index contributed by atoms with van der Waals surface area (Å²) in [5, 5.41) is 0.0241. The summed E-state index contributed by atoms with van der Waals surface area (Å²) in [4.78, 5) is 11.5. The van der Waals surface area contributed by atoms with Crippen molar-refractivity contribution >= 4 is 14.6 Å². The molecule has 2 aromatic carbocycles. The van der Waals surface area contributed by atoms with Crippen LogP contribution in [0.15, 0.2) is 42.5 Å². The summed E-state index contributed by atoms with van der Waals surface area (Å²) in [6.45, 7) is 11.2. The van der Waals surface area contributed by atoms with E-state index >= 15 is 0 Å². The summed E-state index contributed by atoms with van der Waals surface area (Å²) in [7, 11) is -0.461. The van der Waals surface area contributed by atoms with E-state index in [1.807, 2.05) is 36.4 Å². The average molecular weight is 373 g/mol. The Kier molecular flexibility index (Phi) is 6.13. The summed E-state index contributed by atoms with van der Waals surface area (Å²) in [6, 6.07) is 13.1. The maximum Gasteiger partial charge on any atom is 0.250 e. The fraction of sp³-hybridized carbons (Fsp3) is 0.381. The Balaban J connectivity index is 2.26. The molecule has 0 N–H and O–H groups in total. The molecule has 0 aliphatic carbocycles. The van der Waals surface area contributed by atoms with Crippen molar-refractivity contribution in [2.45, 2.75) is 45.5 Å². The molecule has 0 spiro atoms. The number of aldehydes is 1. The van der Waals surface area contributed by atoms with Gasteiger partial charge in [-0.2, -0.15) is 0 Å². The van der Waals surface area contributed by atoms with E-state index in [0.717, 1.165) is 17.6 Å². The Bertz CT molecular complexity index is 746. The monoisotopic (exact) mass is 372 g/mol. The van der Waals surface area contributed by atoms with Crippen LogP contribution in [-0.2, 0) is 6.61 Å². The molecule has 0 unspecified atom stereocenters. The van der Waals surface area contributed by atoms with E-state index in [4.69, 9.17) is 13.9 Å². The van der Waals surface area contributed by atoms with Gasteiger partial charge in [0.05, 0.1) is 12.7 Å². The molecule has 2 aromatic rings. The lowest BCUT2D eigenvalue weighted by Gasteiger charge is -2.37. The quantitative estimate of drug-likeness (QED) is 0.477. The van der Waals surface area contributed by atoms with Crippen LogP contribution in [0.1, 0.15) is 36.7 Å². The highest BCUT2D eigenvalue weighted by Crippen LogP contribution is 2.41. The van der Waals surface area contributed by atoms with E-state index in [2.05, 4.69) is 33.9 Å². The third-order valence-electron chi connectivity index (χ3n) is 4.85. The fourth-order valence-corrected chi connectivity index (χ4v) is 3.17. The SMILES string of the molecule is COc1ccc(COc2cccc(C=O)c2O[Si](C)(C)C(C)(C)C)cc1. The number of ether oxygens (including phenoxy) is 2. The maximum atomic E-state index is 11.5. The molecule has 0 aromatic heterocycles. The van der Waals surface area contributed by atoms with Gasteiger partial charge in [0.1, 0.15) is 12.4 Å². The highest BCUT2D eigenvalue weighted by molar-refractivity contribution is 6.74. The van der Waals surface area contributed by atoms with Gasteiger partial charge in [-0.1, -0.05) is 39.0 Å². The van der Waals surface area contributed by atoms with Gasteiger partial charge in [0.2, 0.25) is 0 Å². The summed E-state index contributed by atoms with van der Waals surface area (Å²) >= 11 is 0. The van der Waals surface area contributed by atoms with Crippen molar-refractivity contribution in [3.63, 3.8) is 0 Å². The van der Waals surface area contributed by atoms with Crippen LogP contribution in [0.4, 0.5) is 0 Å². The smallest absolute Gasteiger partial charge is 0.250 e. The van der Waals surface area contributed by atoms with Crippen LogP contribution in [0.25, 0.3) is 0 Å². The first kappa shape index (κ1) is 20.0. The number of para-hydroxylation sites is 1. The van der Waals surface area contributed by atoms with Crippen molar-refractivity contribution in [1.82, 2.24) is 0 Å². The minimum absolute atomic E-state index is 0.0241. The lowest BCUT2D eigenvalue weighted by atomic mass is 10.2.